The molecule has 2 atom stereocenters. The molecule has 0 spiro atoms. The zero-order valence-corrected chi connectivity index (χ0v) is 18.6. The van der Waals surface area contributed by atoms with Crippen molar-refractivity contribution in [3.63, 3.8) is 0 Å². The van der Waals surface area contributed by atoms with Crippen LogP contribution in [0.3, 0.4) is 0 Å². The molecule has 0 saturated heterocycles. The van der Waals surface area contributed by atoms with E-state index in [-0.39, 0.29) is 11.5 Å². The first-order valence-electron chi connectivity index (χ1n) is 11.8. The number of aromatic nitrogens is 1. The van der Waals surface area contributed by atoms with Gasteiger partial charge in [0.05, 0.1) is 23.8 Å². The molecule has 1 aromatic heterocycles. The highest BCUT2D eigenvalue weighted by Gasteiger charge is 2.63. The summed E-state index contributed by atoms with van der Waals surface area (Å²) in [6.07, 6.45) is 6.39. The van der Waals surface area contributed by atoms with E-state index in [9.17, 15) is 19.8 Å². The number of ether oxygens (including phenoxy) is 1. The molecule has 0 amide bonds. The van der Waals surface area contributed by atoms with E-state index in [4.69, 9.17) is 4.74 Å². The first-order valence-corrected chi connectivity index (χ1v) is 11.8. The summed E-state index contributed by atoms with van der Waals surface area (Å²) in [5.74, 6) is -0.709. The van der Waals surface area contributed by atoms with E-state index in [1.807, 2.05) is 18.2 Å². The fraction of sp³-hybridized carbons (Fsp3) is 0.407. The van der Waals surface area contributed by atoms with Gasteiger partial charge in [-0.2, -0.15) is 0 Å². The van der Waals surface area contributed by atoms with Crippen LogP contribution in [0.15, 0.2) is 36.4 Å². The topological polar surface area (TPSA) is 88.8 Å². The predicted octanol–water partition coefficient (Wildman–Crippen LogP) is 5.63. The zero-order chi connectivity index (χ0) is 22.9. The predicted molar refractivity (Wildman–Crippen MR) is 124 cm³/mol. The molecule has 0 unspecified atom stereocenters. The van der Waals surface area contributed by atoms with E-state index in [0.29, 0.717) is 18.9 Å². The molecule has 3 aliphatic rings. The van der Waals surface area contributed by atoms with Gasteiger partial charge in [0.2, 0.25) is 0 Å². The SMILES string of the molecule is COc1ccc2c(c1)[C@@H]1C[C@]1(C(=O)O)Cn1c-2c(C2CCCCC2)c2ccc(C(=O)O)cc21. The summed E-state index contributed by atoms with van der Waals surface area (Å²) in [4.78, 5) is 24.3. The number of fused-ring (bicyclic) bond motifs is 7. The van der Waals surface area contributed by atoms with E-state index in [2.05, 4.69) is 10.6 Å². The largest absolute Gasteiger partial charge is 0.497 e. The molecule has 2 heterocycles. The third kappa shape index (κ3) is 2.86. The van der Waals surface area contributed by atoms with Gasteiger partial charge >= 0.3 is 11.9 Å². The second-order valence-electron chi connectivity index (χ2n) is 9.89. The lowest BCUT2D eigenvalue weighted by Crippen LogP contribution is -2.22. The highest BCUT2D eigenvalue weighted by atomic mass is 16.5. The Hall–Kier alpha value is -3.28. The van der Waals surface area contributed by atoms with Gasteiger partial charge in [0.1, 0.15) is 5.75 Å². The second kappa shape index (κ2) is 7.11. The Labute approximate surface area is 191 Å². The van der Waals surface area contributed by atoms with E-state index in [0.717, 1.165) is 46.3 Å². The van der Waals surface area contributed by atoms with Crippen LogP contribution in [0.25, 0.3) is 22.2 Å². The number of aromatic carboxylic acids is 1. The molecule has 2 fully saturated rings. The molecule has 3 aromatic rings. The minimum atomic E-state index is -0.970. The van der Waals surface area contributed by atoms with Crippen molar-refractivity contribution in [2.24, 2.45) is 5.41 Å². The lowest BCUT2D eigenvalue weighted by molar-refractivity contribution is -0.144. The van der Waals surface area contributed by atoms with Gasteiger partial charge in [-0.15, -0.1) is 0 Å². The molecule has 6 heteroatoms. The van der Waals surface area contributed by atoms with Crippen molar-refractivity contribution in [3.05, 3.63) is 53.1 Å². The average molecular weight is 446 g/mol. The van der Waals surface area contributed by atoms with E-state index >= 15 is 0 Å². The van der Waals surface area contributed by atoms with Crippen LogP contribution in [0.2, 0.25) is 0 Å². The van der Waals surface area contributed by atoms with Crippen molar-refractivity contribution in [3.8, 4) is 17.0 Å². The first-order chi connectivity index (χ1) is 15.9. The smallest absolute Gasteiger partial charge is 0.335 e. The van der Waals surface area contributed by atoms with E-state index in [1.165, 1.54) is 24.8 Å². The van der Waals surface area contributed by atoms with Crippen LogP contribution in [0.5, 0.6) is 5.75 Å². The van der Waals surface area contributed by atoms with E-state index in [1.54, 1.807) is 19.2 Å². The molecule has 2 aliphatic carbocycles. The molecule has 6 rings (SSSR count). The lowest BCUT2D eigenvalue weighted by Gasteiger charge is -2.24. The van der Waals surface area contributed by atoms with Crippen LogP contribution < -0.4 is 4.74 Å². The molecule has 0 bridgehead atoms. The first kappa shape index (κ1) is 20.3. The number of carboxylic acids is 2. The minimum Gasteiger partial charge on any atom is -0.497 e. The third-order valence-corrected chi connectivity index (χ3v) is 8.19. The van der Waals surface area contributed by atoms with Gasteiger partial charge < -0.3 is 19.5 Å². The van der Waals surface area contributed by atoms with Gasteiger partial charge in [0, 0.05) is 28.9 Å². The van der Waals surface area contributed by atoms with Crippen LogP contribution in [0.4, 0.5) is 0 Å². The Bertz CT molecular complexity index is 1320. The van der Waals surface area contributed by atoms with Gasteiger partial charge in [-0.05, 0) is 66.6 Å². The maximum Gasteiger partial charge on any atom is 0.335 e. The standard InChI is InChI=1S/C27H27NO5/c1-33-17-8-10-18-20(12-17)21-13-27(21,26(31)32)14-28-22-11-16(25(29)30)7-9-19(22)23(24(18)28)15-5-3-2-4-6-15/h7-12,15,21H,2-6,13-14H2,1H3,(H,29,30)(H,31,32)/t21-,27-/m0/s1. The Balaban J connectivity index is 1.70. The monoisotopic (exact) mass is 445 g/mol. The number of benzene rings is 2. The minimum absolute atomic E-state index is 0.0723. The maximum atomic E-state index is 12.5. The van der Waals surface area contributed by atoms with Crippen LogP contribution in [-0.4, -0.2) is 33.8 Å². The molecule has 6 nitrogen and oxygen atoms in total. The number of nitrogens with zero attached hydrogens (tertiary/aromatic N) is 1. The Kier molecular flexibility index (Phi) is 4.38. The van der Waals surface area contributed by atoms with Crippen molar-refractivity contribution >= 4 is 22.8 Å². The van der Waals surface area contributed by atoms with Gasteiger partial charge in [0.25, 0.3) is 0 Å². The summed E-state index contributed by atoms with van der Waals surface area (Å²) in [6.45, 7) is 0.353. The van der Waals surface area contributed by atoms with Gasteiger partial charge in [-0.3, -0.25) is 4.79 Å². The van der Waals surface area contributed by atoms with Crippen molar-refractivity contribution in [1.82, 2.24) is 4.57 Å². The summed E-state index contributed by atoms with van der Waals surface area (Å²) in [7, 11) is 1.63. The lowest BCUT2D eigenvalue weighted by atomic mass is 9.81. The second-order valence-corrected chi connectivity index (χ2v) is 9.89. The summed E-state index contributed by atoms with van der Waals surface area (Å²) in [6, 6.07) is 11.4. The molecule has 2 saturated carbocycles. The van der Waals surface area contributed by atoms with Crippen LogP contribution in [-0.2, 0) is 11.3 Å². The van der Waals surface area contributed by atoms with Gasteiger partial charge in [0.15, 0.2) is 0 Å². The molecule has 33 heavy (non-hydrogen) atoms. The molecule has 2 aromatic carbocycles. The van der Waals surface area contributed by atoms with Crippen molar-refractivity contribution in [2.75, 3.05) is 7.11 Å². The number of hydrogen-bond acceptors (Lipinski definition) is 3. The van der Waals surface area contributed by atoms with Crippen LogP contribution in [0, 0.1) is 5.41 Å². The normalized spacial score (nSPS) is 23.8. The number of rotatable bonds is 4. The fourth-order valence-corrected chi connectivity index (χ4v) is 6.41. The number of aliphatic carboxylic acids is 1. The van der Waals surface area contributed by atoms with Crippen molar-refractivity contribution in [2.45, 2.75) is 56.9 Å². The molecule has 1 aliphatic heterocycles. The number of carboxylic acid groups (broad SMARTS) is 2. The summed E-state index contributed by atoms with van der Waals surface area (Å²) in [5, 5.41) is 21.0. The van der Waals surface area contributed by atoms with Crippen LogP contribution >= 0.6 is 0 Å². The molecule has 170 valence electrons. The molecule has 0 radical (unpaired) electrons. The summed E-state index contributed by atoms with van der Waals surface area (Å²) < 4.78 is 7.62. The number of hydrogen-bond donors (Lipinski definition) is 2. The van der Waals surface area contributed by atoms with Gasteiger partial charge in [-0.1, -0.05) is 25.3 Å². The molecule has 2 N–H and O–H groups in total. The van der Waals surface area contributed by atoms with Crippen molar-refractivity contribution in [1.29, 1.82) is 0 Å². The Morgan fingerprint density at radius 2 is 1.85 bits per heavy atom. The average Bonchev–Trinajstić information content (AvgIpc) is 3.50. The number of methoxy groups -OCH3 is 1. The fourth-order valence-electron chi connectivity index (χ4n) is 6.41. The zero-order valence-electron chi connectivity index (χ0n) is 18.6. The number of carbonyl (C=O) groups is 2. The Morgan fingerprint density at radius 1 is 1.06 bits per heavy atom. The molecular weight excluding hydrogens is 418 g/mol. The van der Waals surface area contributed by atoms with Crippen LogP contribution in [0.1, 0.15) is 71.8 Å². The summed E-state index contributed by atoms with van der Waals surface area (Å²) >= 11 is 0. The van der Waals surface area contributed by atoms with Gasteiger partial charge in [-0.25, -0.2) is 4.79 Å². The highest BCUT2D eigenvalue weighted by molar-refractivity contribution is 5.99. The molecular formula is C27H27NO5. The highest BCUT2D eigenvalue weighted by Crippen LogP contribution is 2.65. The Morgan fingerprint density at radius 3 is 2.55 bits per heavy atom. The third-order valence-electron chi connectivity index (χ3n) is 8.19. The van der Waals surface area contributed by atoms with E-state index < -0.39 is 17.4 Å². The maximum absolute atomic E-state index is 12.5. The summed E-state index contributed by atoms with van der Waals surface area (Å²) in [5.41, 5.74) is 4.62. The quantitative estimate of drug-likeness (QED) is 0.543. The van der Waals surface area contributed by atoms with Crippen molar-refractivity contribution < 1.29 is 24.5 Å².